The molecule has 3 heteroatoms. The van der Waals surface area contributed by atoms with Gasteiger partial charge in [-0.15, -0.1) is 17.0 Å². The molecular formula is C7H14BrN2+. The van der Waals surface area contributed by atoms with Crippen molar-refractivity contribution in [2.45, 2.75) is 6.92 Å². The summed E-state index contributed by atoms with van der Waals surface area (Å²) in [4.78, 5) is 0. The zero-order chi connectivity index (χ0) is 5.98. The molecule has 0 bridgehead atoms. The fourth-order valence-corrected chi connectivity index (χ4v) is 0.609. The minimum Gasteiger partial charge on any atom is -0.344 e. The number of hydrogen-bond donors (Lipinski definition) is 1. The first kappa shape index (κ1) is 12.3. The van der Waals surface area contributed by atoms with Crippen molar-refractivity contribution in [3.8, 4) is 0 Å². The van der Waals surface area contributed by atoms with Gasteiger partial charge in [0.15, 0.2) is 11.9 Å². The molecule has 0 aliphatic carbocycles. The second-order valence-electron chi connectivity index (χ2n) is 1.95. The predicted molar refractivity (Wildman–Crippen MR) is 47.7 cm³/mol. The van der Waals surface area contributed by atoms with E-state index in [0.29, 0.717) is 0 Å². The first-order valence-corrected chi connectivity index (χ1v) is 2.72. The van der Waals surface area contributed by atoms with E-state index in [-0.39, 0.29) is 23.1 Å². The molecule has 0 spiro atoms. The quantitative estimate of drug-likeness (QED) is 0.642. The summed E-state index contributed by atoms with van der Waals surface area (Å²) in [5.41, 5.74) is 1.28. The fraction of sp³-hybridized carbons (Fsp3) is 0.286. The summed E-state index contributed by atoms with van der Waals surface area (Å²) < 4.78 is 2.08. The lowest BCUT2D eigenvalue weighted by atomic mass is 10.4. The minimum atomic E-state index is 0. The van der Waals surface area contributed by atoms with Crippen molar-refractivity contribution in [3.63, 3.8) is 0 Å². The second kappa shape index (κ2) is 5.38. The van der Waals surface area contributed by atoms with E-state index >= 15 is 0 Å². The van der Waals surface area contributed by atoms with Crippen molar-refractivity contribution in [1.29, 1.82) is 0 Å². The summed E-state index contributed by atoms with van der Waals surface area (Å²) in [7, 11) is 2.04. The van der Waals surface area contributed by atoms with Gasteiger partial charge in [-0.2, -0.15) is 0 Å². The molecule has 0 atom stereocenters. The zero-order valence-corrected chi connectivity index (χ0v) is 8.09. The lowest BCUT2D eigenvalue weighted by Gasteiger charge is -1.87. The minimum absolute atomic E-state index is 0. The van der Waals surface area contributed by atoms with E-state index in [1.54, 1.807) is 0 Å². The molecule has 2 nitrogen and oxygen atoms in total. The average Bonchev–Trinajstić information content (AvgIpc) is 1.77. The highest BCUT2D eigenvalue weighted by Gasteiger charge is 1.91. The van der Waals surface area contributed by atoms with Gasteiger partial charge < -0.3 is 6.15 Å². The van der Waals surface area contributed by atoms with Gasteiger partial charge in [0.25, 0.3) is 0 Å². The van der Waals surface area contributed by atoms with Crippen LogP contribution in [-0.2, 0) is 7.05 Å². The van der Waals surface area contributed by atoms with E-state index in [2.05, 4.69) is 17.6 Å². The summed E-state index contributed by atoms with van der Waals surface area (Å²) in [6.07, 6.45) is 2.04. The topological polar surface area (TPSA) is 38.9 Å². The van der Waals surface area contributed by atoms with E-state index in [4.69, 9.17) is 0 Å². The molecule has 0 aromatic carbocycles. The van der Waals surface area contributed by atoms with Gasteiger partial charge in [-0.05, 0) is 0 Å². The Morgan fingerprint density at radius 1 is 1.30 bits per heavy atom. The molecule has 0 aliphatic rings. The van der Waals surface area contributed by atoms with E-state index < -0.39 is 0 Å². The number of halogens is 1. The van der Waals surface area contributed by atoms with Gasteiger partial charge in [-0.25, -0.2) is 4.57 Å². The number of aromatic nitrogens is 1. The Morgan fingerprint density at radius 3 is 2.20 bits per heavy atom. The predicted octanol–water partition coefficient (Wildman–Crippen LogP) is 1.56. The Balaban J connectivity index is 0. The normalized spacial score (nSPS) is 7.40. The molecule has 0 fully saturated rings. The Bertz CT molecular complexity index is 168. The van der Waals surface area contributed by atoms with E-state index in [9.17, 15) is 0 Å². The molecule has 0 saturated carbocycles. The van der Waals surface area contributed by atoms with Crippen LogP contribution in [0.2, 0.25) is 0 Å². The van der Waals surface area contributed by atoms with Gasteiger partial charge in [0.1, 0.15) is 7.05 Å². The second-order valence-corrected chi connectivity index (χ2v) is 1.95. The van der Waals surface area contributed by atoms with Gasteiger partial charge in [0.05, 0.1) is 0 Å². The van der Waals surface area contributed by atoms with Crippen LogP contribution in [0.3, 0.4) is 0 Å². The maximum atomic E-state index is 2.08. The lowest BCUT2D eigenvalue weighted by Crippen LogP contribution is -2.30. The Hall–Kier alpha value is -0.410. The van der Waals surface area contributed by atoms with Crippen LogP contribution in [0.5, 0.6) is 0 Å². The molecule has 1 aromatic heterocycles. The smallest absolute Gasteiger partial charge is 0.177 e. The number of nitrogens with zero attached hydrogens (tertiary/aromatic N) is 1. The van der Waals surface area contributed by atoms with E-state index in [1.807, 2.05) is 25.4 Å². The molecule has 58 valence electrons. The Labute approximate surface area is 72.2 Å². The fourth-order valence-electron chi connectivity index (χ4n) is 0.609. The molecule has 1 rings (SSSR count). The number of rotatable bonds is 0. The monoisotopic (exact) mass is 205 g/mol. The van der Waals surface area contributed by atoms with Crippen LogP contribution in [-0.4, -0.2) is 0 Å². The summed E-state index contributed by atoms with van der Waals surface area (Å²) in [5.74, 6) is 0. The molecule has 0 saturated heterocycles. The standard InChI is InChI=1S/C7H10N.BrH.H3N/c1-7-5-3-4-6-8(7)2;;/h3-6H,1-2H3;1H;1H3/q+1;;. The number of aryl methyl sites for hydroxylation is 2. The van der Waals surface area contributed by atoms with Crippen LogP contribution in [0.1, 0.15) is 5.69 Å². The van der Waals surface area contributed by atoms with Gasteiger partial charge in [-0.3, -0.25) is 0 Å². The van der Waals surface area contributed by atoms with Gasteiger partial charge in [-0.1, -0.05) is 6.07 Å². The van der Waals surface area contributed by atoms with Crippen molar-refractivity contribution >= 4 is 17.0 Å². The van der Waals surface area contributed by atoms with Crippen LogP contribution >= 0.6 is 17.0 Å². The summed E-state index contributed by atoms with van der Waals surface area (Å²) in [6.45, 7) is 2.08. The van der Waals surface area contributed by atoms with Crippen molar-refractivity contribution in [1.82, 2.24) is 6.15 Å². The molecule has 1 aromatic rings. The maximum Gasteiger partial charge on any atom is 0.177 e. The van der Waals surface area contributed by atoms with Gasteiger partial charge in [0, 0.05) is 19.1 Å². The van der Waals surface area contributed by atoms with Gasteiger partial charge in [0.2, 0.25) is 0 Å². The highest BCUT2D eigenvalue weighted by atomic mass is 79.9. The number of hydrogen-bond acceptors (Lipinski definition) is 1. The van der Waals surface area contributed by atoms with E-state index in [0.717, 1.165) is 0 Å². The third-order valence-corrected chi connectivity index (χ3v) is 1.31. The Kier molecular flexibility index (Phi) is 6.61. The highest BCUT2D eigenvalue weighted by molar-refractivity contribution is 8.93. The van der Waals surface area contributed by atoms with Crippen LogP contribution in [0.25, 0.3) is 0 Å². The summed E-state index contributed by atoms with van der Waals surface area (Å²) in [6, 6.07) is 6.14. The molecule has 0 amide bonds. The van der Waals surface area contributed by atoms with Crippen molar-refractivity contribution < 1.29 is 4.57 Å². The molecule has 10 heavy (non-hydrogen) atoms. The van der Waals surface area contributed by atoms with Crippen molar-refractivity contribution in [2.75, 3.05) is 0 Å². The molecule has 0 radical (unpaired) electrons. The molecule has 3 N–H and O–H groups in total. The van der Waals surface area contributed by atoms with Crippen LogP contribution in [0.15, 0.2) is 24.4 Å². The molecule has 0 aliphatic heterocycles. The summed E-state index contributed by atoms with van der Waals surface area (Å²) >= 11 is 0. The summed E-state index contributed by atoms with van der Waals surface area (Å²) in [5, 5.41) is 0. The largest absolute Gasteiger partial charge is 0.344 e. The SMILES string of the molecule is Br.Cc1cccc[n+]1C.N. The Morgan fingerprint density at radius 2 is 1.90 bits per heavy atom. The van der Waals surface area contributed by atoms with Crippen LogP contribution in [0, 0.1) is 6.92 Å². The molecule has 0 unspecified atom stereocenters. The van der Waals surface area contributed by atoms with Crippen LogP contribution < -0.4 is 10.7 Å². The molecular weight excluding hydrogens is 192 g/mol. The lowest BCUT2D eigenvalue weighted by molar-refractivity contribution is -0.677. The highest BCUT2D eigenvalue weighted by Crippen LogP contribution is 1.83. The third kappa shape index (κ3) is 2.94. The average molecular weight is 206 g/mol. The first-order valence-electron chi connectivity index (χ1n) is 2.72. The van der Waals surface area contributed by atoms with E-state index in [1.165, 1.54) is 5.69 Å². The zero-order valence-electron chi connectivity index (χ0n) is 6.37. The maximum absolute atomic E-state index is 2.08. The molecule has 1 heterocycles. The number of pyridine rings is 1. The van der Waals surface area contributed by atoms with Crippen LogP contribution in [0.4, 0.5) is 0 Å². The van der Waals surface area contributed by atoms with Crippen molar-refractivity contribution in [2.24, 2.45) is 7.05 Å². The third-order valence-electron chi connectivity index (χ3n) is 1.31. The first-order chi connectivity index (χ1) is 3.80. The van der Waals surface area contributed by atoms with Gasteiger partial charge >= 0.3 is 0 Å². The van der Waals surface area contributed by atoms with Crippen molar-refractivity contribution in [3.05, 3.63) is 30.1 Å².